The molecule has 1 unspecified atom stereocenters. The van der Waals surface area contributed by atoms with E-state index in [1.54, 1.807) is 82.6 Å². The zero-order chi connectivity index (χ0) is 71.4. The van der Waals surface area contributed by atoms with E-state index in [9.17, 15) is 58.2 Å². The van der Waals surface area contributed by atoms with Gasteiger partial charge in [-0.25, -0.2) is 4.79 Å². The molecule has 0 saturated carbocycles. The quantitative estimate of drug-likeness (QED) is 0.0168. The van der Waals surface area contributed by atoms with Gasteiger partial charge in [0, 0.05) is 49.3 Å². The summed E-state index contributed by atoms with van der Waals surface area (Å²) in [6, 6.07) is 10.4. The highest BCUT2D eigenvalue weighted by atomic mass is 32.2. The van der Waals surface area contributed by atoms with Gasteiger partial charge >= 0.3 is 5.97 Å². The number of hydrogen-bond donors (Lipinski definition) is 17. The molecule has 534 valence electrons. The number of nitrogens with two attached hydrogens (primary N) is 5. The molecule has 0 aliphatic heterocycles. The molecule has 4 aromatic rings. The number of aromatic hydroxyl groups is 1. The van der Waals surface area contributed by atoms with E-state index in [0.29, 0.717) is 80.6 Å². The minimum Gasteiger partial charge on any atom is -0.508 e. The second-order valence-corrected chi connectivity index (χ2v) is 25.8. The van der Waals surface area contributed by atoms with E-state index >= 15 is 0 Å². The van der Waals surface area contributed by atoms with Crippen LogP contribution in [0.25, 0.3) is 10.9 Å². The van der Waals surface area contributed by atoms with Crippen molar-refractivity contribution in [3.05, 3.63) is 102 Å². The van der Waals surface area contributed by atoms with E-state index in [1.807, 2.05) is 24.3 Å². The highest BCUT2D eigenvalue weighted by Gasteiger charge is 2.37. The molecule has 0 bridgehead atoms. The number of thioether (sulfide) groups is 1. The summed E-state index contributed by atoms with van der Waals surface area (Å²) in [5, 5.41) is 45.9. The summed E-state index contributed by atoms with van der Waals surface area (Å²) in [6.45, 7) is 7.91. The van der Waals surface area contributed by atoms with Crippen LogP contribution in [0, 0.1) is 11.8 Å². The van der Waals surface area contributed by atoms with Crippen LogP contribution in [0.5, 0.6) is 5.75 Å². The Labute approximate surface area is 572 Å². The number of benzene rings is 3. The lowest BCUT2D eigenvalue weighted by molar-refractivity contribution is -0.142. The lowest BCUT2D eigenvalue weighted by Gasteiger charge is -2.30. The highest BCUT2D eigenvalue weighted by Crippen LogP contribution is 2.21. The molecule has 0 aliphatic rings. The number of carboxylic acid groups (broad SMARTS) is 1. The van der Waals surface area contributed by atoms with Crippen molar-refractivity contribution >= 4 is 87.8 Å². The Hall–Kier alpha value is -8.80. The zero-order valence-corrected chi connectivity index (χ0v) is 57.3. The number of guanidine groups is 1. The number of carbonyl (C=O) groups is 10. The first-order chi connectivity index (χ1) is 46.4. The van der Waals surface area contributed by atoms with Gasteiger partial charge in [-0.3, -0.25) is 48.1 Å². The number of phenolic OH excluding ortho intramolecular Hbond substituents is 1. The van der Waals surface area contributed by atoms with E-state index < -0.39 is 125 Å². The summed E-state index contributed by atoms with van der Waals surface area (Å²) < 4.78 is 0. The van der Waals surface area contributed by atoms with Crippen LogP contribution in [-0.4, -0.2) is 173 Å². The number of phenols is 1. The largest absolute Gasteiger partial charge is 0.508 e. The van der Waals surface area contributed by atoms with Crippen LogP contribution in [-0.2, 0) is 67.2 Å². The SMILES string of the molecule is CSCC[C@H](NC(=O)[C@@H](NC(=O)C(NC(=O)[C@H](Cc1ccc(O)cc1)NC(=O)[C@H](Cc1ccccc1)NC(=O)[C@H](CCCN=C(N)N)NC(=O)CCCCCN)C(C)C)C(C)C)C(=O)N[C@@H](Cc1c[nH]c2ccccc12)C(=O)N[C@@H](CCCCN)C(=O)N[C@@H](CCCCN)C(=O)O. The van der Waals surface area contributed by atoms with Gasteiger partial charge in [0.05, 0.1) is 0 Å². The van der Waals surface area contributed by atoms with Gasteiger partial charge in [-0.05, 0) is 149 Å². The van der Waals surface area contributed by atoms with Crippen LogP contribution in [0.1, 0.15) is 128 Å². The number of nitrogens with one attached hydrogen (secondary N) is 10. The molecule has 9 amide bonds. The molecule has 0 spiro atoms. The standard InChI is InChI=1S/C68H104N16O12S/c1-41(2)57(65(93)78-51(31-36-97-5)61(89)82-55(39-45-40-75-48-22-12-11-21-47(45)48)63(91)77-50(23-13-16-33-70)60(88)79-52(67(95)96)24-14-17-34-71)84-66(94)58(42(3)4)83-64(92)54(38-44-27-29-46(85)30-28-44)81-62(90)53(37-43-19-8-6-9-20-43)80-59(87)49(25-18-35-74-68(72)73)76-56(86)26-10-7-15-32-69/h6,8-9,11-12,19-22,27-30,40-42,49-55,57-58,75,85H,7,10,13-18,23-26,31-39,69-71H2,1-5H3,(H,76,86)(H,77,91)(H,78,93)(H,79,88)(H,80,87)(H,81,90)(H,82,89)(H,83,92)(H,84,94)(H,95,96)(H4,72,73,74)/t49-,50-,51-,52-,53-,54-,55-,57-,58?/m0/s1. The molecular formula is C68H104N16O12S. The maximum absolute atomic E-state index is 14.8. The normalized spacial score (nSPS) is 14.0. The lowest BCUT2D eigenvalue weighted by atomic mass is 9.98. The first kappa shape index (κ1) is 80.6. The van der Waals surface area contributed by atoms with Crippen molar-refractivity contribution in [3.8, 4) is 5.75 Å². The fraction of sp³-hybridized carbons (Fsp3) is 0.544. The lowest BCUT2D eigenvalue weighted by Crippen LogP contribution is -2.62. The van der Waals surface area contributed by atoms with Gasteiger partial charge in [0.25, 0.3) is 0 Å². The first-order valence-electron chi connectivity index (χ1n) is 33.4. The van der Waals surface area contributed by atoms with Gasteiger partial charge in [0.15, 0.2) is 5.96 Å². The zero-order valence-electron chi connectivity index (χ0n) is 56.5. The number of amides is 9. The van der Waals surface area contributed by atoms with Crippen molar-refractivity contribution < 1.29 is 58.2 Å². The Morgan fingerprint density at radius 2 is 0.907 bits per heavy atom. The Bertz CT molecular complexity index is 3190. The third kappa shape index (κ3) is 28.8. The molecule has 0 aliphatic carbocycles. The highest BCUT2D eigenvalue weighted by molar-refractivity contribution is 7.98. The van der Waals surface area contributed by atoms with Gasteiger partial charge in [-0.15, -0.1) is 0 Å². The van der Waals surface area contributed by atoms with E-state index in [1.165, 1.54) is 23.9 Å². The van der Waals surface area contributed by atoms with Gasteiger partial charge in [0.2, 0.25) is 53.2 Å². The molecule has 97 heavy (non-hydrogen) atoms. The van der Waals surface area contributed by atoms with Crippen LogP contribution < -0.4 is 76.5 Å². The summed E-state index contributed by atoms with van der Waals surface area (Å²) in [7, 11) is 0. The molecule has 0 radical (unpaired) electrons. The monoisotopic (exact) mass is 1370 g/mol. The van der Waals surface area contributed by atoms with E-state index in [0.717, 1.165) is 17.3 Å². The summed E-state index contributed by atoms with van der Waals surface area (Å²) in [5.74, 6) is -8.90. The molecule has 9 atom stereocenters. The van der Waals surface area contributed by atoms with E-state index in [2.05, 4.69) is 57.8 Å². The van der Waals surface area contributed by atoms with Gasteiger partial charge in [0.1, 0.15) is 60.1 Å². The molecule has 0 fully saturated rings. The van der Waals surface area contributed by atoms with Crippen molar-refractivity contribution in [2.45, 2.75) is 185 Å². The van der Waals surface area contributed by atoms with Crippen LogP contribution in [0.2, 0.25) is 0 Å². The number of aliphatic imine (C=N–C) groups is 1. The van der Waals surface area contributed by atoms with Crippen molar-refractivity contribution in [3.63, 3.8) is 0 Å². The Balaban J connectivity index is 1.63. The number of para-hydroxylation sites is 1. The number of nitrogens with zero attached hydrogens (tertiary/aromatic N) is 1. The predicted molar refractivity (Wildman–Crippen MR) is 375 cm³/mol. The third-order valence-corrected chi connectivity index (χ3v) is 16.9. The number of aromatic nitrogens is 1. The van der Waals surface area contributed by atoms with Crippen LogP contribution in [0.3, 0.4) is 0 Å². The number of unbranched alkanes of at least 4 members (excludes halogenated alkanes) is 4. The average molecular weight is 1370 g/mol. The Morgan fingerprint density at radius 1 is 0.474 bits per heavy atom. The summed E-state index contributed by atoms with van der Waals surface area (Å²) in [4.78, 5) is 149. The summed E-state index contributed by atoms with van der Waals surface area (Å²) in [6.07, 6.45) is 7.75. The maximum atomic E-state index is 14.8. The van der Waals surface area contributed by atoms with Gasteiger partial charge < -0.3 is 91.7 Å². The molecular weight excluding hydrogens is 1260 g/mol. The molecule has 1 heterocycles. The first-order valence-corrected chi connectivity index (χ1v) is 34.8. The summed E-state index contributed by atoms with van der Waals surface area (Å²) in [5.41, 5.74) is 30.7. The minimum atomic E-state index is -1.42. The molecule has 29 heteroatoms. The van der Waals surface area contributed by atoms with Crippen LogP contribution in [0.4, 0.5) is 0 Å². The smallest absolute Gasteiger partial charge is 0.326 e. The molecule has 0 saturated heterocycles. The van der Waals surface area contributed by atoms with Crippen molar-refractivity contribution in [2.24, 2.45) is 45.5 Å². The van der Waals surface area contributed by atoms with E-state index in [-0.39, 0.29) is 76.0 Å². The van der Waals surface area contributed by atoms with Gasteiger partial charge in [-0.2, -0.15) is 11.8 Å². The fourth-order valence-corrected chi connectivity index (χ4v) is 11.2. The molecule has 4 rings (SSSR count). The number of aliphatic carboxylic acids is 1. The Morgan fingerprint density at radius 3 is 1.45 bits per heavy atom. The number of hydrogen-bond acceptors (Lipinski definition) is 16. The average Bonchev–Trinajstić information content (AvgIpc) is 1.81. The Kier molecular flexibility index (Phi) is 36.1. The number of rotatable bonds is 46. The van der Waals surface area contributed by atoms with Crippen molar-refractivity contribution in [1.82, 2.24) is 52.8 Å². The topological polar surface area (TPSA) is 478 Å². The van der Waals surface area contributed by atoms with Crippen molar-refractivity contribution in [2.75, 3.05) is 38.2 Å². The second kappa shape index (κ2) is 43.4. The maximum Gasteiger partial charge on any atom is 0.326 e. The number of fused-ring (bicyclic) bond motifs is 1. The molecule has 1 aromatic heterocycles. The number of carboxylic acids is 1. The fourth-order valence-electron chi connectivity index (χ4n) is 10.7. The number of H-pyrrole nitrogens is 1. The number of aromatic amines is 1. The molecule has 3 aromatic carbocycles. The van der Waals surface area contributed by atoms with Crippen LogP contribution in [0.15, 0.2) is 90.1 Å². The third-order valence-electron chi connectivity index (χ3n) is 16.2. The minimum absolute atomic E-state index is 0.0543. The second-order valence-electron chi connectivity index (χ2n) is 24.8. The predicted octanol–water partition coefficient (Wildman–Crippen LogP) is 1.24. The van der Waals surface area contributed by atoms with Crippen molar-refractivity contribution in [1.29, 1.82) is 0 Å². The molecule has 28 nitrogen and oxygen atoms in total. The van der Waals surface area contributed by atoms with E-state index in [4.69, 9.17) is 28.7 Å². The molecule has 22 N–H and O–H groups in total. The number of carbonyl (C=O) groups excluding carboxylic acids is 9. The van der Waals surface area contributed by atoms with Crippen LogP contribution >= 0.6 is 11.8 Å². The van der Waals surface area contributed by atoms with Gasteiger partial charge in [-0.1, -0.05) is 94.8 Å². The summed E-state index contributed by atoms with van der Waals surface area (Å²) >= 11 is 1.39.